The lowest BCUT2D eigenvalue weighted by Crippen LogP contribution is -2.68. The lowest BCUT2D eigenvalue weighted by Gasteiger charge is -2.73. The van der Waals surface area contributed by atoms with Crippen LogP contribution in [0.5, 0.6) is 0 Å². The van der Waals surface area contributed by atoms with Gasteiger partial charge in [0.1, 0.15) is 37.1 Å². The van der Waals surface area contributed by atoms with Crippen LogP contribution in [0.2, 0.25) is 0 Å². The van der Waals surface area contributed by atoms with Gasteiger partial charge >= 0.3 is 29.8 Å². The molecule has 6 unspecified atom stereocenters. The van der Waals surface area contributed by atoms with Gasteiger partial charge in [-0.3, -0.25) is 38.4 Å². The van der Waals surface area contributed by atoms with Crippen LogP contribution in [0.1, 0.15) is 161 Å². The van der Waals surface area contributed by atoms with Crippen molar-refractivity contribution in [2.45, 2.75) is 229 Å². The summed E-state index contributed by atoms with van der Waals surface area (Å²) in [7, 11) is 0. The SMILES string of the molecule is C=C(C)[C@@H]1CC[C@]2(COC(C)=O)CC[C@]3(C)[C@H](CC[C@@H]4[C@@]5(C)CCC(O[C@@H]6[C@@H](O)[C@@H](OC7OC(COC(C)=O)C(OC(C)=O)C(OC(C)=O)C7OC(C)=O)[C@@H](CO)O[C@H]6O)C(C)(C)[C@@H]5CC[C@]43C)[C@@H]12.CC(=O)O.CC(=O)O.CC(=O)O. The molecule has 0 aromatic carbocycles. The number of carboxylic acids is 3. The second-order valence-electron chi connectivity index (χ2n) is 24.7. The predicted molar refractivity (Wildman–Crippen MR) is 285 cm³/mol. The molecule has 0 bridgehead atoms. The maximum Gasteiger partial charge on any atom is 0.303 e. The number of carbonyl (C=O) groups is 8. The molecule has 23 heteroatoms. The summed E-state index contributed by atoms with van der Waals surface area (Å²) >= 11 is 0. The number of allylic oxidation sites excluding steroid dienone is 1. The molecule has 2 saturated heterocycles. The molecule has 0 spiro atoms. The van der Waals surface area contributed by atoms with Gasteiger partial charge in [0.2, 0.25) is 0 Å². The quantitative estimate of drug-likeness (QED) is 0.0724. The van der Waals surface area contributed by atoms with Crippen molar-refractivity contribution in [2.24, 2.45) is 56.7 Å². The molecule has 6 N–H and O–H groups in total. The number of fused-ring (bicyclic) bond motifs is 7. The molecule has 0 aromatic rings. The van der Waals surface area contributed by atoms with E-state index in [0.717, 1.165) is 106 Å². The third kappa shape index (κ3) is 15.5. The Morgan fingerprint density at radius 3 is 1.60 bits per heavy atom. The first kappa shape index (κ1) is 68.7. The van der Waals surface area contributed by atoms with Crippen LogP contribution in [-0.2, 0) is 81.0 Å². The zero-order valence-electron chi connectivity index (χ0n) is 49.8. The van der Waals surface area contributed by atoms with Crippen LogP contribution in [0.25, 0.3) is 0 Å². The predicted octanol–water partition coefficient (Wildman–Crippen LogP) is 5.77. The van der Waals surface area contributed by atoms with Gasteiger partial charge in [-0.05, 0) is 122 Å². The molecular formula is C58H92O23. The highest BCUT2D eigenvalue weighted by molar-refractivity contribution is 5.69. The van der Waals surface area contributed by atoms with E-state index in [0.29, 0.717) is 36.7 Å². The molecule has 5 aliphatic carbocycles. The molecule has 5 saturated carbocycles. The minimum atomic E-state index is -1.69. The number of ether oxygens (including phenoxy) is 9. The topological polar surface area (TPSA) is 341 Å². The summed E-state index contributed by atoms with van der Waals surface area (Å²) in [5.74, 6) is -3.91. The Morgan fingerprint density at radius 2 is 1.09 bits per heavy atom. The van der Waals surface area contributed by atoms with Crippen LogP contribution in [-0.4, -0.2) is 166 Å². The van der Waals surface area contributed by atoms with Crippen molar-refractivity contribution in [3.05, 3.63) is 12.2 Å². The van der Waals surface area contributed by atoms with Crippen molar-refractivity contribution >= 4 is 47.8 Å². The molecule has 7 rings (SSSR count). The second-order valence-corrected chi connectivity index (χ2v) is 24.7. The van der Waals surface area contributed by atoms with E-state index in [1.54, 1.807) is 0 Å². The van der Waals surface area contributed by atoms with Crippen LogP contribution in [0.4, 0.5) is 0 Å². The van der Waals surface area contributed by atoms with Crippen molar-refractivity contribution in [2.75, 3.05) is 19.8 Å². The Hall–Kier alpha value is -4.78. The smallest absolute Gasteiger partial charge is 0.303 e. The van der Waals surface area contributed by atoms with Crippen molar-refractivity contribution < 1.29 is 112 Å². The van der Waals surface area contributed by atoms with Gasteiger partial charge in [-0.2, -0.15) is 0 Å². The third-order valence-corrected chi connectivity index (χ3v) is 19.1. The van der Waals surface area contributed by atoms with Crippen molar-refractivity contribution in [3.8, 4) is 0 Å². The molecule has 0 aromatic heterocycles. The fourth-order valence-corrected chi connectivity index (χ4v) is 16.0. The van der Waals surface area contributed by atoms with E-state index >= 15 is 0 Å². The lowest BCUT2D eigenvalue weighted by molar-refractivity contribution is -0.365. The fraction of sp³-hybridized carbons (Fsp3) is 0.828. The first-order chi connectivity index (χ1) is 37.4. The average Bonchev–Trinajstić information content (AvgIpc) is 3.74. The largest absolute Gasteiger partial charge is 0.481 e. The molecule has 0 radical (unpaired) electrons. The van der Waals surface area contributed by atoms with Crippen LogP contribution in [0, 0.1) is 56.7 Å². The highest BCUT2D eigenvalue weighted by Gasteiger charge is 2.71. The van der Waals surface area contributed by atoms with E-state index in [1.807, 2.05) is 0 Å². The van der Waals surface area contributed by atoms with Crippen LogP contribution < -0.4 is 0 Å². The molecule has 2 aliphatic heterocycles. The number of aliphatic hydroxyl groups excluding tert-OH is 3. The molecule has 7 aliphatic rings. The molecule has 23 nitrogen and oxygen atoms in total. The first-order valence-corrected chi connectivity index (χ1v) is 28.1. The summed E-state index contributed by atoms with van der Waals surface area (Å²) in [6.45, 7) is 27.2. The van der Waals surface area contributed by atoms with E-state index in [-0.39, 0.29) is 33.5 Å². The minimum absolute atomic E-state index is 0.0257. The summed E-state index contributed by atoms with van der Waals surface area (Å²) in [4.78, 5) is 88.4. The zero-order valence-corrected chi connectivity index (χ0v) is 49.8. The minimum Gasteiger partial charge on any atom is -0.481 e. The first-order valence-electron chi connectivity index (χ1n) is 28.1. The van der Waals surface area contributed by atoms with E-state index in [4.69, 9.17) is 72.3 Å². The summed E-state index contributed by atoms with van der Waals surface area (Å²) in [6.07, 6.45) is -5.56. The number of hydrogen-bond acceptors (Lipinski definition) is 20. The second kappa shape index (κ2) is 27.7. The third-order valence-electron chi connectivity index (χ3n) is 19.1. The molecule has 2 heterocycles. The highest BCUT2D eigenvalue weighted by Crippen LogP contribution is 2.77. The van der Waals surface area contributed by atoms with Gasteiger partial charge in [0, 0.05) is 60.8 Å². The van der Waals surface area contributed by atoms with Crippen LogP contribution in [0.3, 0.4) is 0 Å². The summed E-state index contributed by atoms with van der Waals surface area (Å²) in [6, 6.07) is 0. The Labute approximate surface area is 475 Å². The molecule has 20 atom stereocenters. The maximum atomic E-state index is 12.6. The average molecular weight is 1160 g/mol. The Balaban J connectivity index is 0.00000107. The number of carbonyl (C=O) groups excluding carboxylic acids is 5. The van der Waals surface area contributed by atoms with Crippen molar-refractivity contribution in [1.82, 2.24) is 0 Å². The molecule has 462 valence electrons. The molecule has 81 heavy (non-hydrogen) atoms. The Morgan fingerprint density at radius 1 is 0.543 bits per heavy atom. The Kier molecular flexibility index (Phi) is 23.5. The number of aliphatic carboxylic acids is 3. The van der Waals surface area contributed by atoms with Gasteiger partial charge < -0.3 is 73.3 Å². The van der Waals surface area contributed by atoms with E-state index in [9.17, 15) is 39.3 Å². The Bertz CT molecular complexity index is 2230. The van der Waals surface area contributed by atoms with Gasteiger partial charge in [0.05, 0.1) is 19.3 Å². The number of aliphatic hydroxyl groups is 3. The summed E-state index contributed by atoms with van der Waals surface area (Å²) < 4.78 is 53.0. The zero-order chi connectivity index (χ0) is 61.5. The number of esters is 5. The molecule has 0 amide bonds. The number of rotatable bonds is 13. The van der Waals surface area contributed by atoms with Gasteiger partial charge in [-0.25, -0.2) is 0 Å². The van der Waals surface area contributed by atoms with Gasteiger partial charge in [0.15, 0.2) is 30.9 Å². The maximum absolute atomic E-state index is 12.6. The normalized spacial score (nSPS) is 39.7. The van der Waals surface area contributed by atoms with Gasteiger partial charge in [-0.1, -0.05) is 46.8 Å². The van der Waals surface area contributed by atoms with Crippen LogP contribution >= 0.6 is 0 Å². The van der Waals surface area contributed by atoms with Gasteiger partial charge in [0.25, 0.3) is 17.9 Å². The van der Waals surface area contributed by atoms with E-state index in [1.165, 1.54) is 12.5 Å². The lowest BCUT2D eigenvalue weighted by atomic mass is 9.32. The monoisotopic (exact) mass is 1160 g/mol. The highest BCUT2D eigenvalue weighted by atomic mass is 16.8. The molecular weight excluding hydrogens is 1060 g/mol. The fourth-order valence-electron chi connectivity index (χ4n) is 16.0. The summed E-state index contributed by atoms with van der Waals surface area (Å²) in [5.41, 5.74) is 0.874. The van der Waals surface area contributed by atoms with Crippen LogP contribution in [0.15, 0.2) is 12.2 Å². The van der Waals surface area contributed by atoms with E-state index in [2.05, 4.69) is 48.1 Å². The van der Waals surface area contributed by atoms with Gasteiger partial charge in [-0.15, -0.1) is 0 Å². The van der Waals surface area contributed by atoms with Crippen molar-refractivity contribution in [1.29, 1.82) is 0 Å². The van der Waals surface area contributed by atoms with Crippen molar-refractivity contribution in [3.63, 3.8) is 0 Å². The molecule has 7 fully saturated rings. The number of carboxylic acid groups (broad SMARTS) is 3. The van der Waals surface area contributed by atoms with E-state index < -0.39 is 128 Å². The standard InChI is InChI=1S/C52H80O17.3C2H4O2/c1-26(2)32-15-20-52(25-62-28(4)55)22-21-50(11)33(39(32)52)13-14-37-49(10)18-17-38(48(8,9)36(49)16-19-51(37,50)12)68-43-40(59)41(34(23-53)66-46(43)60)69-47-45(65-31(7)58)44(64-30(6)57)42(63-29(5)56)35(67-47)24-61-27(3)54;3*1-2(3)4/h32-47,53,59-60H,1,13-25H2,2-12H3;3*1H3,(H,3,4)/t32-,33+,34+,35?,36-,37+,38?,39+,40-,41-,42?,43+,44?,45?,46+,47?,49-,50+,51+,52+;;;/m0.../s1. The number of hydrogen-bond donors (Lipinski definition) is 6. The summed E-state index contributed by atoms with van der Waals surface area (Å²) in [5, 5.41) is 56.5.